The second-order valence-corrected chi connectivity index (χ2v) is 5.48. The summed E-state index contributed by atoms with van der Waals surface area (Å²) < 4.78 is 10.5. The molecule has 0 aliphatic carbocycles. The SMILES string of the molecule is O=C(O)CCCCCCCO[C@@H]1OC(CO)[C@H](O)C(O)[C@@H]1O. The summed E-state index contributed by atoms with van der Waals surface area (Å²) in [7, 11) is 0. The highest BCUT2D eigenvalue weighted by Crippen LogP contribution is 2.22. The number of aliphatic carboxylic acids is 1. The lowest BCUT2D eigenvalue weighted by Crippen LogP contribution is -2.59. The third-order valence-corrected chi connectivity index (χ3v) is 3.67. The van der Waals surface area contributed by atoms with E-state index in [1.165, 1.54) is 0 Å². The normalized spacial score (nSPS) is 32.1. The molecule has 1 fully saturated rings. The van der Waals surface area contributed by atoms with Crippen LogP contribution in [0, 0.1) is 0 Å². The highest BCUT2D eigenvalue weighted by molar-refractivity contribution is 5.66. The van der Waals surface area contributed by atoms with Gasteiger partial charge in [0, 0.05) is 13.0 Å². The summed E-state index contributed by atoms with van der Waals surface area (Å²) in [6.45, 7) is -0.171. The predicted octanol–water partition coefficient (Wildman–Crippen LogP) is -0.772. The predicted molar refractivity (Wildman–Crippen MR) is 75.1 cm³/mol. The summed E-state index contributed by atoms with van der Waals surface area (Å²) >= 11 is 0. The smallest absolute Gasteiger partial charge is 0.303 e. The molecule has 2 unspecified atom stereocenters. The fraction of sp³-hybridized carbons (Fsp3) is 0.929. The second kappa shape index (κ2) is 10.1. The van der Waals surface area contributed by atoms with Crippen LogP contribution in [0.1, 0.15) is 38.5 Å². The van der Waals surface area contributed by atoms with E-state index in [2.05, 4.69) is 0 Å². The first kappa shape index (κ1) is 19.3. The Morgan fingerprint density at radius 2 is 1.59 bits per heavy atom. The Balaban J connectivity index is 2.14. The Labute approximate surface area is 129 Å². The van der Waals surface area contributed by atoms with E-state index in [4.69, 9.17) is 19.7 Å². The maximum absolute atomic E-state index is 10.3. The molecule has 0 spiro atoms. The number of hydrogen-bond donors (Lipinski definition) is 5. The van der Waals surface area contributed by atoms with Crippen LogP contribution >= 0.6 is 0 Å². The standard InChI is InChI=1S/C14H26O8/c15-8-9-11(18)12(19)13(20)14(22-9)21-7-5-3-1-2-4-6-10(16)17/h9,11-15,18-20H,1-8H2,(H,16,17)/t9?,11-,12?,13-,14+/m0/s1. The summed E-state index contributed by atoms with van der Waals surface area (Å²) in [5.41, 5.74) is 0. The maximum atomic E-state index is 10.3. The summed E-state index contributed by atoms with van der Waals surface area (Å²) in [5, 5.41) is 46.5. The van der Waals surface area contributed by atoms with Crippen LogP contribution in [0.4, 0.5) is 0 Å². The first-order chi connectivity index (χ1) is 10.5. The fourth-order valence-corrected chi connectivity index (χ4v) is 2.31. The number of carbonyl (C=O) groups is 1. The van der Waals surface area contributed by atoms with Crippen molar-refractivity contribution in [3.05, 3.63) is 0 Å². The number of aliphatic hydroxyl groups is 4. The van der Waals surface area contributed by atoms with Crippen LogP contribution in [0.2, 0.25) is 0 Å². The van der Waals surface area contributed by atoms with Gasteiger partial charge in [-0.15, -0.1) is 0 Å². The van der Waals surface area contributed by atoms with Gasteiger partial charge in [-0.25, -0.2) is 0 Å². The molecule has 0 bridgehead atoms. The molecule has 1 aliphatic heterocycles. The molecule has 0 aromatic carbocycles. The molecule has 0 amide bonds. The summed E-state index contributed by atoms with van der Waals surface area (Å²) in [4.78, 5) is 10.3. The number of carboxylic acid groups (broad SMARTS) is 1. The van der Waals surface area contributed by atoms with Crippen molar-refractivity contribution in [1.82, 2.24) is 0 Å². The molecule has 0 aromatic heterocycles. The molecular formula is C14H26O8. The van der Waals surface area contributed by atoms with Gasteiger partial charge in [-0.3, -0.25) is 4.79 Å². The van der Waals surface area contributed by atoms with E-state index in [0.29, 0.717) is 19.4 Å². The Hall–Kier alpha value is -0.770. The van der Waals surface area contributed by atoms with Gasteiger partial charge in [0.1, 0.15) is 24.4 Å². The molecule has 1 saturated heterocycles. The Bertz CT molecular complexity index is 322. The number of carboxylic acids is 1. The zero-order valence-electron chi connectivity index (χ0n) is 12.5. The van der Waals surface area contributed by atoms with Gasteiger partial charge in [-0.05, 0) is 12.8 Å². The van der Waals surface area contributed by atoms with E-state index in [1.807, 2.05) is 0 Å². The van der Waals surface area contributed by atoms with Gasteiger partial charge in [0.25, 0.3) is 0 Å². The van der Waals surface area contributed by atoms with Crippen molar-refractivity contribution in [1.29, 1.82) is 0 Å². The van der Waals surface area contributed by atoms with Crippen LogP contribution in [0.25, 0.3) is 0 Å². The highest BCUT2D eigenvalue weighted by Gasteiger charge is 2.43. The average Bonchev–Trinajstić information content (AvgIpc) is 2.49. The van der Waals surface area contributed by atoms with Crippen molar-refractivity contribution < 1.29 is 39.8 Å². The molecule has 1 heterocycles. The fourth-order valence-electron chi connectivity index (χ4n) is 2.31. The first-order valence-corrected chi connectivity index (χ1v) is 7.61. The zero-order valence-corrected chi connectivity index (χ0v) is 12.5. The molecule has 1 rings (SSSR count). The average molecular weight is 322 g/mol. The molecule has 1 aliphatic rings. The molecule has 0 radical (unpaired) electrons. The Morgan fingerprint density at radius 1 is 0.955 bits per heavy atom. The molecule has 5 atom stereocenters. The van der Waals surface area contributed by atoms with Crippen LogP contribution in [0.5, 0.6) is 0 Å². The Kier molecular flexibility index (Phi) is 8.84. The molecule has 5 N–H and O–H groups in total. The minimum absolute atomic E-state index is 0.182. The lowest BCUT2D eigenvalue weighted by molar-refractivity contribution is -0.301. The van der Waals surface area contributed by atoms with Crippen LogP contribution in [-0.4, -0.2) is 75.4 Å². The van der Waals surface area contributed by atoms with Gasteiger partial charge >= 0.3 is 5.97 Å². The molecule has 0 aromatic rings. The summed E-state index contributed by atoms with van der Waals surface area (Å²) in [6, 6.07) is 0. The minimum atomic E-state index is -1.42. The van der Waals surface area contributed by atoms with Crippen molar-refractivity contribution in [2.75, 3.05) is 13.2 Å². The third kappa shape index (κ3) is 6.15. The van der Waals surface area contributed by atoms with Crippen molar-refractivity contribution in [3.8, 4) is 0 Å². The quantitative estimate of drug-likeness (QED) is 0.331. The first-order valence-electron chi connectivity index (χ1n) is 7.61. The lowest BCUT2D eigenvalue weighted by Gasteiger charge is -2.39. The van der Waals surface area contributed by atoms with Crippen molar-refractivity contribution >= 4 is 5.97 Å². The number of rotatable bonds is 10. The molecule has 22 heavy (non-hydrogen) atoms. The van der Waals surface area contributed by atoms with Gasteiger partial charge in [-0.1, -0.05) is 19.3 Å². The molecule has 130 valence electrons. The van der Waals surface area contributed by atoms with Gasteiger partial charge in [0.15, 0.2) is 6.29 Å². The second-order valence-electron chi connectivity index (χ2n) is 5.48. The molecule has 8 heteroatoms. The number of hydrogen-bond acceptors (Lipinski definition) is 7. The Morgan fingerprint density at radius 3 is 2.23 bits per heavy atom. The zero-order chi connectivity index (χ0) is 16.5. The minimum Gasteiger partial charge on any atom is -0.481 e. The van der Waals surface area contributed by atoms with E-state index >= 15 is 0 Å². The monoisotopic (exact) mass is 322 g/mol. The van der Waals surface area contributed by atoms with Crippen molar-refractivity contribution in [2.45, 2.75) is 69.2 Å². The van der Waals surface area contributed by atoms with Crippen molar-refractivity contribution in [2.24, 2.45) is 0 Å². The van der Waals surface area contributed by atoms with Gasteiger partial charge in [-0.2, -0.15) is 0 Å². The number of ether oxygens (including phenoxy) is 2. The number of aliphatic hydroxyl groups excluding tert-OH is 4. The summed E-state index contributed by atoms with van der Waals surface area (Å²) in [5.74, 6) is -0.786. The van der Waals surface area contributed by atoms with Crippen LogP contribution < -0.4 is 0 Å². The van der Waals surface area contributed by atoms with Gasteiger partial charge < -0.3 is 35.0 Å². The topological polar surface area (TPSA) is 137 Å². The highest BCUT2D eigenvalue weighted by atomic mass is 16.7. The van der Waals surface area contributed by atoms with Crippen LogP contribution in [0.3, 0.4) is 0 Å². The van der Waals surface area contributed by atoms with Crippen LogP contribution in [-0.2, 0) is 14.3 Å². The third-order valence-electron chi connectivity index (χ3n) is 3.67. The largest absolute Gasteiger partial charge is 0.481 e. The van der Waals surface area contributed by atoms with E-state index in [0.717, 1.165) is 19.3 Å². The van der Waals surface area contributed by atoms with Gasteiger partial charge in [0.2, 0.25) is 0 Å². The van der Waals surface area contributed by atoms with E-state index in [9.17, 15) is 20.1 Å². The van der Waals surface area contributed by atoms with E-state index < -0.39 is 43.3 Å². The lowest BCUT2D eigenvalue weighted by atomic mass is 9.99. The van der Waals surface area contributed by atoms with Gasteiger partial charge in [0.05, 0.1) is 6.61 Å². The molecular weight excluding hydrogens is 296 g/mol. The molecule has 8 nitrogen and oxygen atoms in total. The van der Waals surface area contributed by atoms with Crippen molar-refractivity contribution in [3.63, 3.8) is 0 Å². The molecule has 0 saturated carbocycles. The number of unbranched alkanes of at least 4 members (excludes halogenated alkanes) is 4. The van der Waals surface area contributed by atoms with E-state index in [-0.39, 0.29) is 6.42 Å². The van der Waals surface area contributed by atoms with Crippen LogP contribution in [0.15, 0.2) is 0 Å². The maximum Gasteiger partial charge on any atom is 0.303 e. The summed E-state index contributed by atoms with van der Waals surface area (Å²) in [6.07, 6.45) is -2.07. The van der Waals surface area contributed by atoms with E-state index in [1.54, 1.807) is 0 Å².